The molecule has 1 aliphatic heterocycles. The van der Waals surface area contributed by atoms with Crippen LogP contribution in [0.15, 0.2) is 48.5 Å². The largest absolute Gasteiger partial charge is 0.385 e. The molecule has 0 saturated carbocycles. The van der Waals surface area contributed by atoms with Gasteiger partial charge in [-0.15, -0.1) is 10.2 Å². The number of hydrogen-bond donors (Lipinski definition) is 2. The molecule has 4 aromatic rings. The zero-order chi connectivity index (χ0) is 24.4. The van der Waals surface area contributed by atoms with Crippen LogP contribution in [0.3, 0.4) is 0 Å². The second kappa shape index (κ2) is 10.0. The lowest BCUT2D eigenvalue weighted by Gasteiger charge is -2.37. The molecule has 1 aliphatic rings. The number of aliphatic hydroxyl groups excluding tert-OH is 1. The minimum atomic E-state index is -0.679. The van der Waals surface area contributed by atoms with Gasteiger partial charge in [0.15, 0.2) is 5.82 Å². The fraction of sp³-hybridized carbons (Fsp3) is 0.370. The number of β-amino-alcohol motifs (C(OH)–C–C–N with tert-alkyl or cyclic N) is 1. The van der Waals surface area contributed by atoms with Crippen LogP contribution in [0, 0.1) is 13.8 Å². The van der Waals surface area contributed by atoms with Crippen LogP contribution in [0.2, 0.25) is 0 Å². The van der Waals surface area contributed by atoms with Crippen molar-refractivity contribution in [3.05, 3.63) is 76.9 Å². The number of aromatic amines is 1. The molecule has 2 unspecified atom stereocenters. The normalized spacial score (nSPS) is 17.9. The standard InChI is InChI=1S/C27H31N7O/c1-17-7-11-20(12-8-17)25-26(21-13-9-18(2)10-14-21)29-27-22(35)16-34(19(3)24(27)28-25)15-5-4-6-23-30-32-33-31-23/h7-14,19,22,35H,4-6,15-16H2,1-3H3,(H,30,31,32,33). The number of fused-ring (bicyclic) bond motifs is 1. The fourth-order valence-corrected chi connectivity index (χ4v) is 4.65. The number of benzene rings is 2. The Labute approximate surface area is 205 Å². The molecular formula is C27H31N7O. The molecule has 0 aliphatic carbocycles. The van der Waals surface area contributed by atoms with Crippen molar-refractivity contribution in [2.45, 2.75) is 52.2 Å². The van der Waals surface area contributed by atoms with Crippen LogP contribution >= 0.6 is 0 Å². The Balaban J connectivity index is 1.46. The average molecular weight is 470 g/mol. The smallest absolute Gasteiger partial charge is 0.174 e. The number of aromatic nitrogens is 6. The summed E-state index contributed by atoms with van der Waals surface area (Å²) in [6, 6.07) is 16.8. The minimum Gasteiger partial charge on any atom is -0.385 e. The highest BCUT2D eigenvalue weighted by molar-refractivity contribution is 5.78. The number of nitrogens with one attached hydrogen (secondary N) is 1. The molecule has 2 aromatic heterocycles. The van der Waals surface area contributed by atoms with E-state index in [1.807, 2.05) is 0 Å². The fourth-order valence-electron chi connectivity index (χ4n) is 4.65. The van der Waals surface area contributed by atoms with Crippen LogP contribution in [0.5, 0.6) is 0 Å². The number of tetrazole rings is 1. The molecule has 2 aromatic carbocycles. The quantitative estimate of drug-likeness (QED) is 0.387. The third-order valence-electron chi connectivity index (χ3n) is 6.75. The molecule has 0 saturated heterocycles. The summed E-state index contributed by atoms with van der Waals surface area (Å²) < 4.78 is 0. The van der Waals surface area contributed by atoms with Crippen molar-refractivity contribution in [1.82, 2.24) is 35.5 Å². The second-order valence-corrected chi connectivity index (χ2v) is 9.40. The monoisotopic (exact) mass is 469 g/mol. The highest BCUT2D eigenvalue weighted by Gasteiger charge is 2.33. The van der Waals surface area contributed by atoms with Gasteiger partial charge < -0.3 is 5.11 Å². The van der Waals surface area contributed by atoms with E-state index in [0.717, 1.165) is 59.8 Å². The van der Waals surface area contributed by atoms with Crippen molar-refractivity contribution in [2.24, 2.45) is 0 Å². The molecule has 2 N–H and O–H groups in total. The first-order chi connectivity index (χ1) is 17.0. The summed E-state index contributed by atoms with van der Waals surface area (Å²) in [6.07, 6.45) is 2.04. The van der Waals surface area contributed by atoms with Crippen LogP contribution in [-0.4, -0.2) is 53.7 Å². The van der Waals surface area contributed by atoms with E-state index in [4.69, 9.17) is 9.97 Å². The highest BCUT2D eigenvalue weighted by Crippen LogP contribution is 2.38. The van der Waals surface area contributed by atoms with Gasteiger partial charge in [-0.2, -0.15) is 5.21 Å². The minimum absolute atomic E-state index is 0.0577. The summed E-state index contributed by atoms with van der Waals surface area (Å²) in [5.41, 5.74) is 7.64. The summed E-state index contributed by atoms with van der Waals surface area (Å²) in [7, 11) is 0. The number of aryl methyl sites for hydroxylation is 3. The summed E-state index contributed by atoms with van der Waals surface area (Å²) >= 11 is 0. The molecule has 180 valence electrons. The van der Waals surface area contributed by atoms with Crippen molar-refractivity contribution < 1.29 is 5.11 Å². The first-order valence-electron chi connectivity index (χ1n) is 12.2. The number of rotatable bonds is 7. The van der Waals surface area contributed by atoms with Crippen LogP contribution < -0.4 is 0 Å². The lowest BCUT2D eigenvalue weighted by Crippen LogP contribution is -2.38. The van der Waals surface area contributed by atoms with E-state index in [1.54, 1.807) is 0 Å². The van der Waals surface area contributed by atoms with E-state index >= 15 is 0 Å². The van der Waals surface area contributed by atoms with Gasteiger partial charge >= 0.3 is 0 Å². The maximum Gasteiger partial charge on any atom is 0.174 e. The first kappa shape index (κ1) is 23.3. The molecule has 8 heteroatoms. The SMILES string of the molecule is Cc1ccc(-c2nc3c(nc2-c2ccc(C)cc2)C(C)N(CCCCc2nn[nH]n2)CC3O)cc1. The van der Waals surface area contributed by atoms with Gasteiger partial charge in [0.25, 0.3) is 0 Å². The van der Waals surface area contributed by atoms with Crippen LogP contribution in [0.25, 0.3) is 22.5 Å². The molecule has 35 heavy (non-hydrogen) atoms. The van der Waals surface area contributed by atoms with E-state index in [9.17, 15) is 5.11 Å². The van der Waals surface area contributed by atoms with Crippen molar-refractivity contribution in [3.63, 3.8) is 0 Å². The van der Waals surface area contributed by atoms with E-state index in [0.29, 0.717) is 12.2 Å². The van der Waals surface area contributed by atoms with Crippen molar-refractivity contribution in [3.8, 4) is 22.5 Å². The van der Waals surface area contributed by atoms with Gasteiger partial charge in [-0.3, -0.25) is 4.90 Å². The van der Waals surface area contributed by atoms with Crippen LogP contribution in [0.1, 0.15) is 60.3 Å². The second-order valence-electron chi connectivity index (χ2n) is 9.40. The van der Waals surface area contributed by atoms with Crippen molar-refractivity contribution in [1.29, 1.82) is 0 Å². The number of nitrogens with zero attached hydrogens (tertiary/aromatic N) is 6. The maximum absolute atomic E-state index is 11.1. The molecule has 8 nitrogen and oxygen atoms in total. The Kier molecular flexibility index (Phi) is 6.66. The highest BCUT2D eigenvalue weighted by atomic mass is 16.3. The Morgan fingerprint density at radius 2 is 1.49 bits per heavy atom. The number of unbranched alkanes of at least 4 members (excludes halogenated alkanes) is 1. The molecule has 2 atom stereocenters. The third-order valence-corrected chi connectivity index (χ3v) is 6.75. The van der Waals surface area contributed by atoms with Crippen molar-refractivity contribution in [2.75, 3.05) is 13.1 Å². The van der Waals surface area contributed by atoms with Crippen molar-refractivity contribution >= 4 is 0 Å². The van der Waals surface area contributed by atoms with Gasteiger partial charge in [0.2, 0.25) is 0 Å². The number of H-pyrrole nitrogens is 1. The number of hydrogen-bond acceptors (Lipinski definition) is 7. The topological polar surface area (TPSA) is 104 Å². The van der Waals surface area contributed by atoms with E-state index in [1.165, 1.54) is 11.1 Å². The maximum atomic E-state index is 11.1. The first-order valence-corrected chi connectivity index (χ1v) is 12.2. The third kappa shape index (κ3) is 4.99. The molecular weight excluding hydrogens is 438 g/mol. The molecule has 0 bridgehead atoms. The lowest BCUT2D eigenvalue weighted by molar-refractivity contribution is 0.0646. The Morgan fingerprint density at radius 3 is 2.06 bits per heavy atom. The van der Waals surface area contributed by atoms with Gasteiger partial charge in [-0.1, -0.05) is 64.9 Å². The van der Waals surface area contributed by atoms with Gasteiger partial charge in [0, 0.05) is 24.1 Å². The predicted octanol–water partition coefficient (Wildman–Crippen LogP) is 4.37. The predicted molar refractivity (Wildman–Crippen MR) is 134 cm³/mol. The van der Waals surface area contributed by atoms with Crippen LogP contribution in [0.4, 0.5) is 0 Å². The summed E-state index contributed by atoms with van der Waals surface area (Å²) in [5.74, 6) is 0.735. The zero-order valence-electron chi connectivity index (χ0n) is 20.4. The Hall–Kier alpha value is -3.49. The van der Waals surface area contributed by atoms with E-state index < -0.39 is 6.10 Å². The molecule has 0 amide bonds. The Morgan fingerprint density at radius 1 is 0.886 bits per heavy atom. The summed E-state index contributed by atoms with van der Waals surface area (Å²) in [5, 5.41) is 25.2. The molecule has 5 rings (SSSR count). The van der Waals surface area contributed by atoms with Gasteiger partial charge in [0.1, 0.15) is 6.10 Å². The zero-order valence-corrected chi connectivity index (χ0v) is 20.4. The van der Waals surface area contributed by atoms with E-state index in [-0.39, 0.29) is 6.04 Å². The van der Waals surface area contributed by atoms with Gasteiger partial charge in [-0.05, 0) is 40.2 Å². The summed E-state index contributed by atoms with van der Waals surface area (Å²) in [4.78, 5) is 12.5. The van der Waals surface area contributed by atoms with E-state index in [2.05, 4.69) is 94.8 Å². The van der Waals surface area contributed by atoms with Gasteiger partial charge in [0.05, 0.1) is 28.8 Å². The molecule has 0 spiro atoms. The summed E-state index contributed by atoms with van der Waals surface area (Å²) in [6.45, 7) is 7.71. The molecule has 0 radical (unpaired) electrons. The average Bonchev–Trinajstić information content (AvgIpc) is 3.39. The van der Waals surface area contributed by atoms with Gasteiger partial charge in [-0.25, -0.2) is 9.97 Å². The Bertz CT molecular complexity index is 1270. The lowest BCUT2D eigenvalue weighted by atomic mass is 9.96. The van der Waals surface area contributed by atoms with Crippen LogP contribution in [-0.2, 0) is 6.42 Å². The molecule has 3 heterocycles. The number of aliphatic hydroxyl groups is 1. The molecule has 0 fully saturated rings.